The van der Waals surface area contributed by atoms with E-state index in [4.69, 9.17) is 9.97 Å². The Morgan fingerprint density at radius 3 is 1.49 bits per heavy atom. The molecule has 0 saturated carbocycles. The summed E-state index contributed by atoms with van der Waals surface area (Å²) in [5, 5.41) is 10.1. The van der Waals surface area contributed by atoms with Crippen molar-refractivity contribution in [3.8, 4) is 84.5 Å². The topological polar surface area (TPSA) is 49.6 Å². The smallest absolute Gasteiger partial charge is 0.160 e. The molecule has 0 N–H and O–H groups in total. The van der Waals surface area contributed by atoms with Gasteiger partial charge in [0.05, 0.1) is 28.4 Å². The van der Waals surface area contributed by atoms with Gasteiger partial charge in [-0.3, -0.25) is 0 Å². The van der Waals surface area contributed by atoms with Crippen molar-refractivity contribution in [2.45, 2.75) is 5.41 Å². The van der Waals surface area contributed by atoms with Crippen LogP contribution >= 0.6 is 0 Å². The van der Waals surface area contributed by atoms with Gasteiger partial charge >= 0.3 is 0 Å². The van der Waals surface area contributed by atoms with E-state index >= 15 is 0 Å². The van der Waals surface area contributed by atoms with Crippen LogP contribution in [0.15, 0.2) is 200 Å². The molecule has 0 aliphatic heterocycles. The van der Waals surface area contributed by atoms with Crippen LogP contribution < -0.4 is 0 Å². The molecule has 0 radical (unpaired) electrons. The number of nitrogens with zero attached hydrogens (tertiary/aromatic N) is 3. The maximum absolute atomic E-state index is 10.1. The standard InChI is InChI=1S/C54H33N3/c55-34-35-22-28-45-46-29-27-41(32-50(46)54(49(45)30-35)47-20-9-7-18-43(47)44-19-8-10-21-48(44)54)40-16-11-17-42(31-40)52-33-51(56-53(57-52)39-14-5-2-6-15-39)38-25-23-37(24-26-38)36-12-3-1-4-13-36/h1-33H. The largest absolute Gasteiger partial charge is 0.228 e. The van der Waals surface area contributed by atoms with Crippen LogP contribution in [0.5, 0.6) is 0 Å². The third kappa shape index (κ3) is 5.12. The lowest BCUT2D eigenvalue weighted by Crippen LogP contribution is -2.26. The number of fused-ring (bicyclic) bond motifs is 10. The first-order chi connectivity index (χ1) is 28.2. The SMILES string of the molecule is N#Cc1ccc2c(c1)C1(c3ccccc3-c3ccccc31)c1cc(-c3cccc(-c4cc(-c5ccc(-c6ccccc6)cc5)nc(-c5ccccc5)n4)c3)ccc1-2. The van der Waals surface area contributed by atoms with Crippen molar-refractivity contribution >= 4 is 0 Å². The molecular formula is C54H33N3. The first-order valence-corrected chi connectivity index (χ1v) is 19.3. The molecule has 1 heterocycles. The summed E-state index contributed by atoms with van der Waals surface area (Å²) in [6, 6.07) is 73.1. The lowest BCUT2D eigenvalue weighted by molar-refractivity contribution is 0.793. The zero-order valence-corrected chi connectivity index (χ0v) is 30.9. The fourth-order valence-corrected chi connectivity index (χ4v) is 9.17. The molecule has 1 aromatic heterocycles. The molecule has 0 unspecified atom stereocenters. The highest BCUT2D eigenvalue weighted by atomic mass is 14.9. The minimum absolute atomic E-state index is 0.541. The Labute approximate surface area is 331 Å². The van der Waals surface area contributed by atoms with Gasteiger partial charge in [0.2, 0.25) is 0 Å². The molecule has 8 aromatic carbocycles. The fourth-order valence-electron chi connectivity index (χ4n) is 9.17. The average molecular weight is 724 g/mol. The lowest BCUT2D eigenvalue weighted by Gasteiger charge is -2.30. The quantitative estimate of drug-likeness (QED) is 0.178. The Bertz CT molecular complexity index is 3020. The van der Waals surface area contributed by atoms with Gasteiger partial charge in [0, 0.05) is 16.7 Å². The molecule has 0 fully saturated rings. The van der Waals surface area contributed by atoms with Crippen molar-refractivity contribution in [3.05, 3.63) is 228 Å². The molecule has 3 nitrogen and oxygen atoms in total. The Kier molecular flexibility index (Phi) is 7.45. The normalized spacial score (nSPS) is 12.7. The van der Waals surface area contributed by atoms with Crippen LogP contribution in [0.2, 0.25) is 0 Å². The molecule has 9 aromatic rings. The summed E-state index contributed by atoms with van der Waals surface area (Å²) in [6.07, 6.45) is 0. The number of nitriles is 1. The van der Waals surface area contributed by atoms with Crippen molar-refractivity contribution < 1.29 is 0 Å². The van der Waals surface area contributed by atoms with Gasteiger partial charge in [0.25, 0.3) is 0 Å². The van der Waals surface area contributed by atoms with Crippen LogP contribution in [0.3, 0.4) is 0 Å². The van der Waals surface area contributed by atoms with Crippen LogP contribution in [0, 0.1) is 11.3 Å². The van der Waals surface area contributed by atoms with Crippen molar-refractivity contribution in [1.29, 1.82) is 5.26 Å². The summed E-state index contributed by atoms with van der Waals surface area (Å²) in [5.74, 6) is 0.688. The molecule has 264 valence electrons. The Hall–Kier alpha value is -7.67. The zero-order valence-electron chi connectivity index (χ0n) is 30.9. The van der Waals surface area contributed by atoms with Gasteiger partial charge < -0.3 is 0 Å². The maximum atomic E-state index is 10.1. The van der Waals surface area contributed by atoms with Crippen molar-refractivity contribution in [2.24, 2.45) is 0 Å². The first kappa shape index (κ1) is 32.7. The first-order valence-electron chi connectivity index (χ1n) is 19.3. The highest BCUT2D eigenvalue weighted by molar-refractivity contribution is 5.96. The van der Waals surface area contributed by atoms with Crippen LogP contribution in [0.1, 0.15) is 27.8 Å². The molecule has 0 bridgehead atoms. The van der Waals surface area contributed by atoms with E-state index in [1.54, 1.807) is 0 Å². The maximum Gasteiger partial charge on any atom is 0.160 e. The lowest BCUT2D eigenvalue weighted by atomic mass is 9.70. The molecule has 0 saturated heterocycles. The second-order valence-electron chi connectivity index (χ2n) is 14.8. The molecule has 0 amide bonds. The number of aromatic nitrogens is 2. The van der Waals surface area contributed by atoms with Gasteiger partial charge in [-0.25, -0.2) is 9.97 Å². The van der Waals surface area contributed by atoms with Crippen molar-refractivity contribution in [2.75, 3.05) is 0 Å². The molecule has 57 heavy (non-hydrogen) atoms. The van der Waals surface area contributed by atoms with Gasteiger partial charge in [-0.15, -0.1) is 0 Å². The molecule has 2 aliphatic carbocycles. The van der Waals surface area contributed by atoms with Gasteiger partial charge in [0.15, 0.2) is 5.82 Å². The van der Waals surface area contributed by atoms with E-state index in [-0.39, 0.29) is 0 Å². The fraction of sp³-hybridized carbons (Fsp3) is 0.0185. The monoisotopic (exact) mass is 723 g/mol. The molecule has 2 aliphatic rings. The third-order valence-electron chi connectivity index (χ3n) is 11.8. The molecule has 3 heteroatoms. The highest BCUT2D eigenvalue weighted by Crippen LogP contribution is 2.63. The summed E-state index contributed by atoms with van der Waals surface area (Å²) >= 11 is 0. The minimum Gasteiger partial charge on any atom is -0.228 e. The second-order valence-corrected chi connectivity index (χ2v) is 14.8. The second kappa shape index (κ2) is 13.0. The zero-order chi connectivity index (χ0) is 37.9. The minimum atomic E-state index is -0.541. The van der Waals surface area contributed by atoms with E-state index in [1.165, 1.54) is 55.6 Å². The van der Waals surface area contributed by atoms with Crippen molar-refractivity contribution in [3.63, 3.8) is 0 Å². The number of rotatable bonds is 5. The molecule has 11 rings (SSSR count). The predicted octanol–water partition coefficient (Wildman–Crippen LogP) is 13.0. The van der Waals surface area contributed by atoms with Crippen LogP contribution in [-0.4, -0.2) is 9.97 Å². The van der Waals surface area contributed by atoms with E-state index in [0.29, 0.717) is 11.4 Å². The Morgan fingerprint density at radius 1 is 0.333 bits per heavy atom. The summed E-state index contributed by atoms with van der Waals surface area (Å²) in [6.45, 7) is 0. The van der Waals surface area contributed by atoms with E-state index in [2.05, 4.69) is 176 Å². The predicted molar refractivity (Wildman–Crippen MR) is 230 cm³/mol. The van der Waals surface area contributed by atoms with Crippen LogP contribution in [0.4, 0.5) is 0 Å². The Morgan fingerprint density at radius 2 is 0.807 bits per heavy atom. The average Bonchev–Trinajstić information content (AvgIpc) is 3.76. The summed E-state index contributed by atoms with van der Waals surface area (Å²) < 4.78 is 0. The summed E-state index contributed by atoms with van der Waals surface area (Å²) in [5.41, 5.74) is 19.2. The molecule has 1 spiro atoms. The van der Waals surface area contributed by atoms with E-state index in [0.717, 1.165) is 39.2 Å². The molecule has 0 atom stereocenters. The highest BCUT2D eigenvalue weighted by Gasteiger charge is 2.51. The number of benzene rings is 8. The van der Waals surface area contributed by atoms with Crippen LogP contribution in [0.25, 0.3) is 78.4 Å². The third-order valence-corrected chi connectivity index (χ3v) is 11.8. The van der Waals surface area contributed by atoms with E-state index in [9.17, 15) is 5.26 Å². The Balaban J connectivity index is 1.06. The van der Waals surface area contributed by atoms with Gasteiger partial charge in [-0.2, -0.15) is 5.26 Å². The number of hydrogen-bond acceptors (Lipinski definition) is 3. The van der Waals surface area contributed by atoms with E-state index in [1.807, 2.05) is 30.3 Å². The molecular weight excluding hydrogens is 691 g/mol. The van der Waals surface area contributed by atoms with Gasteiger partial charge in [0.1, 0.15) is 0 Å². The van der Waals surface area contributed by atoms with Crippen molar-refractivity contribution in [1.82, 2.24) is 9.97 Å². The summed E-state index contributed by atoms with van der Waals surface area (Å²) in [4.78, 5) is 10.3. The number of hydrogen-bond donors (Lipinski definition) is 0. The van der Waals surface area contributed by atoms with Gasteiger partial charge in [-0.05, 0) is 97.1 Å². The summed E-state index contributed by atoms with van der Waals surface area (Å²) in [7, 11) is 0. The van der Waals surface area contributed by atoms with E-state index < -0.39 is 5.41 Å². The van der Waals surface area contributed by atoms with Crippen LogP contribution in [-0.2, 0) is 5.41 Å². The van der Waals surface area contributed by atoms with Gasteiger partial charge in [-0.1, -0.05) is 170 Å².